The lowest BCUT2D eigenvalue weighted by Gasteiger charge is -2.17. The quantitative estimate of drug-likeness (QED) is 0.820. The fourth-order valence-electron chi connectivity index (χ4n) is 3.02. The van der Waals surface area contributed by atoms with Crippen LogP contribution >= 0.6 is 0 Å². The van der Waals surface area contributed by atoms with Crippen LogP contribution < -0.4 is 10.0 Å². The first-order valence-corrected chi connectivity index (χ1v) is 9.56. The van der Waals surface area contributed by atoms with Crippen LogP contribution in [0.25, 0.3) is 0 Å². The number of carbonyl (C=O) groups excluding carboxylic acids is 2. The highest BCUT2D eigenvalue weighted by atomic mass is 32.2. The van der Waals surface area contributed by atoms with Crippen LogP contribution in [0.5, 0.6) is 0 Å². The maximum atomic E-state index is 12.4. The zero-order valence-corrected chi connectivity index (χ0v) is 14.3. The van der Waals surface area contributed by atoms with Gasteiger partial charge in [0.1, 0.15) is 0 Å². The van der Waals surface area contributed by atoms with E-state index >= 15 is 0 Å². The normalized spacial score (nSPS) is 17.7. The Kier molecular flexibility index (Phi) is 4.69. The Morgan fingerprint density at radius 2 is 1.64 bits per heavy atom. The van der Waals surface area contributed by atoms with Crippen molar-refractivity contribution in [3.8, 4) is 0 Å². The van der Waals surface area contributed by atoms with Crippen molar-refractivity contribution in [3.63, 3.8) is 0 Å². The first-order chi connectivity index (χ1) is 11.8. The van der Waals surface area contributed by atoms with Gasteiger partial charge in [-0.15, -0.1) is 0 Å². The molecule has 25 heavy (non-hydrogen) atoms. The molecule has 0 spiro atoms. The number of hydrogen-bond acceptors (Lipinski definition) is 4. The Hall–Kier alpha value is -2.51. The Labute approximate surface area is 146 Å². The minimum Gasteiger partial charge on any atom is -0.312 e. The molecule has 2 aromatic rings. The number of primary sulfonamides is 1. The van der Waals surface area contributed by atoms with Gasteiger partial charge in [-0.3, -0.25) is 9.59 Å². The second-order valence-corrected chi connectivity index (χ2v) is 7.81. The number of sulfonamides is 1. The van der Waals surface area contributed by atoms with Crippen molar-refractivity contribution in [2.24, 2.45) is 11.1 Å². The Balaban J connectivity index is 1.74. The van der Waals surface area contributed by atoms with E-state index in [2.05, 4.69) is 0 Å². The zero-order chi connectivity index (χ0) is 18.0. The van der Waals surface area contributed by atoms with Crippen molar-refractivity contribution in [2.75, 3.05) is 17.2 Å². The van der Waals surface area contributed by atoms with Crippen LogP contribution in [0.4, 0.5) is 5.69 Å². The molecule has 3 rings (SSSR count). The number of rotatable bonds is 5. The number of amides is 1. The van der Waals surface area contributed by atoms with E-state index in [1.54, 1.807) is 48.5 Å². The molecule has 6 nitrogen and oxygen atoms in total. The minimum absolute atomic E-state index is 0.0907. The van der Waals surface area contributed by atoms with E-state index in [0.29, 0.717) is 23.4 Å². The summed E-state index contributed by atoms with van der Waals surface area (Å²) in [6.07, 6.45) is 0.154. The molecule has 0 saturated carbocycles. The van der Waals surface area contributed by atoms with Gasteiger partial charge in [-0.1, -0.05) is 30.3 Å². The van der Waals surface area contributed by atoms with Crippen LogP contribution in [-0.4, -0.2) is 32.4 Å². The van der Waals surface area contributed by atoms with Gasteiger partial charge in [0.2, 0.25) is 15.9 Å². The molecule has 1 amide bonds. The molecule has 1 fully saturated rings. The summed E-state index contributed by atoms with van der Waals surface area (Å²) in [5.74, 6) is -0.754. The van der Waals surface area contributed by atoms with Crippen molar-refractivity contribution in [3.05, 3.63) is 65.7 Å². The number of carbonyl (C=O) groups is 2. The molecular weight excluding hydrogens is 340 g/mol. The van der Waals surface area contributed by atoms with Crippen molar-refractivity contribution in [2.45, 2.75) is 6.42 Å². The summed E-state index contributed by atoms with van der Waals surface area (Å²) in [5.41, 5.74) is 1.77. The predicted molar refractivity (Wildman–Crippen MR) is 94.8 cm³/mol. The smallest absolute Gasteiger partial charge is 0.227 e. The minimum atomic E-state index is -3.61. The van der Waals surface area contributed by atoms with Gasteiger partial charge in [-0.05, 0) is 24.3 Å². The summed E-state index contributed by atoms with van der Waals surface area (Å²) in [4.78, 5) is 26.1. The summed E-state index contributed by atoms with van der Waals surface area (Å²) in [5, 5.41) is 5.06. The average molecular weight is 358 g/mol. The molecule has 0 aliphatic carbocycles. The van der Waals surface area contributed by atoms with E-state index in [0.717, 1.165) is 0 Å². The van der Waals surface area contributed by atoms with E-state index in [1.807, 2.05) is 6.07 Å². The number of nitrogens with zero attached hydrogens (tertiary/aromatic N) is 1. The lowest BCUT2D eigenvalue weighted by atomic mass is 10.0. The first-order valence-electron chi connectivity index (χ1n) is 7.84. The predicted octanol–water partition coefficient (Wildman–Crippen LogP) is 1.56. The van der Waals surface area contributed by atoms with Crippen LogP contribution in [0.15, 0.2) is 54.6 Å². The molecule has 1 aliphatic rings. The van der Waals surface area contributed by atoms with E-state index in [4.69, 9.17) is 5.14 Å². The third-order valence-electron chi connectivity index (χ3n) is 4.15. The van der Waals surface area contributed by atoms with Crippen molar-refractivity contribution in [1.29, 1.82) is 0 Å². The molecule has 0 bridgehead atoms. The lowest BCUT2D eigenvalue weighted by Crippen LogP contribution is -2.27. The van der Waals surface area contributed by atoms with Gasteiger partial charge in [0.25, 0.3) is 0 Å². The maximum absolute atomic E-state index is 12.4. The van der Waals surface area contributed by atoms with Gasteiger partial charge >= 0.3 is 0 Å². The average Bonchev–Trinajstić information content (AvgIpc) is 2.93. The van der Waals surface area contributed by atoms with Gasteiger partial charge in [0, 0.05) is 35.7 Å². The van der Waals surface area contributed by atoms with Crippen molar-refractivity contribution < 1.29 is 18.0 Å². The van der Waals surface area contributed by atoms with Crippen LogP contribution in [0.2, 0.25) is 0 Å². The molecule has 130 valence electrons. The second kappa shape index (κ2) is 6.78. The standard InChI is InChI=1S/C18H18N2O4S/c19-25(23,24)12-13-10-17(21)20(11-13)16-8-6-15(7-9-16)18(22)14-4-2-1-3-5-14/h1-9,13H,10-12H2,(H2,19,23,24). The van der Waals surface area contributed by atoms with E-state index in [-0.39, 0.29) is 29.8 Å². The third kappa shape index (κ3) is 4.12. The topological polar surface area (TPSA) is 97.5 Å². The SMILES string of the molecule is NS(=O)(=O)CC1CC(=O)N(c2ccc(C(=O)c3ccccc3)cc2)C1. The van der Waals surface area contributed by atoms with Crippen LogP contribution in [0.1, 0.15) is 22.3 Å². The monoisotopic (exact) mass is 358 g/mol. The molecular formula is C18H18N2O4S. The Morgan fingerprint density at radius 1 is 1.04 bits per heavy atom. The molecule has 1 saturated heterocycles. The molecule has 1 atom stereocenters. The first kappa shape index (κ1) is 17.3. The van der Waals surface area contributed by atoms with E-state index in [9.17, 15) is 18.0 Å². The number of ketones is 1. The van der Waals surface area contributed by atoms with Crippen LogP contribution in [-0.2, 0) is 14.8 Å². The van der Waals surface area contributed by atoms with Crippen LogP contribution in [0.3, 0.4) is 0 Å². The second-order valence-electron chi connectivity index (χ2n) is 6.15. The highest BCUT2D eigenvalue weighted by molar-refractivity contribution is 7.89. The number of anilines is 1. The van der Waals surface area contributed by atoms with Gasteiger partial charge in [0.05, 0.1) is 5.75 Å². The lowest BCUT2D eigenvalue weighted by molar-refractivity contribution is -0.117. The zero-order valence-electron chi connectivity index (χ0n) is 13.5. The molecule has 0 aromatic heterocycles. The summed E-state index contributed by atoms with van der Waals surface area (Å²) in [6.45, 7) is 0.307. The van der Waals surface area contributed by atoms with E-state index < -0.39 is 10.0 Å². The molecule has 1 unspecified atom stereocenters. The maximum Gasteiger partial charge on any atom is 0.227 e. The van der Waals surface area contributed by atoms with Gasteiger partial charge < -0.3 is 4.90 Å². The van der Waals surface area contributed by atoms with Gasteiger partial charge in [-0.2, -0.15) is 0 Å². The largest absolute Gasteiger partial charge is 0.312 e. The van der Waals surface area contributed by atoms with Gasteiger partial charge in [-0.25, -0.2) is 13.6 Å². The number of hydrogen-bond donors (Lipinski definition) is 1. The fourth-order valence-corrected chi connectivity index (χ4v) is 3.90. The van der Waals surface area contributed by atoms with Gasteiger partial charge in [0.15, 0.2) is 5.78 Å². The number of benzene rings is 2. The molecule has 1 aliphatic heterocycles. The molecule has 7 heteroatoms. The van der Waals surface area contributed by atoms with Crippen molar-refractivity contribution >= 4 is 27.4 Å². The summed E-state index contributed by atoms with van der Waals surface area (Å²) in [7, 11) is -3.61. The van der Waals surface area contributed by atoms with Crippen LogP contribution in [0, 0.1) is 5.92 Å². The summed E-state index contributed by atoms with van der Waals surface area (Å²) < 4.78 is 22.4. The fraction of sp³-hybridized carbons (Fsp3) is 0.222. The Bertz CT molecular complexity index is 892. The summed E-state index contributed by atoms with van der Waals surface area (Å²) in [6, 6.07) is 15.7. The highest BCUT2D eigenvalue weighted by Gasteiger charge is 2.32. The molecule has 2 aromatic carbocycles. The highest BCUT2D eigenvalue weighted by Crippen LogP contribution is 2.26. The molecule has 0 radical (unpaired) electrons. The molecule has 1 heterocycles. The number of nitrogens with two attached hydrogens (primary N) is 1. The third-order valence-corrected chi connectivity index (χ3v) is 5.09. The summed E-state index contributed by atoms with van der Waals surface area (Å²) >= 11 is 0. The van der Waals surface area contributed by atoms with Crippen molar-refractivity contribution in [1.82, 2.24) is 0 Å². The molecule has 2 N–H and O–H groups in total. The Morgan fingerprint density at radius 3 is 2.24 bits per heavy atom. The van der Waals surface area contributed by atoms with E-state index in [1.165, 1.54) is 4.90 Å².